The number of carbonyl (C=O) groups is 1. The number of halogens is 1. The van der Waals surface area contributed by atoms with Crippen molar-refractivity contribution in [3.63, 3.8) is 0 Å². The van der Waals surface area contributed by atoms with E-state index in [0.29, 0.717) is 35.5 Å². The maximum atomic E-state index is 13.3. The number of benzene rings is 3. The maximum absolute atomic E-state index is 13.3. The van der Waals surface area contributed by atoms with Crippen LogP contribution in [-0.4, -0.2) is 55.2 Å². The molecule has 0 aliphatic carbocycles. The molecule has 1 aliphatic heterocycles. The van der Waals surface area contributed by atoms with E-state index in [2.05, 4.69) is 27.7 Å². The lowest BCUT2D eigenvalue weighted by atomic mass is 9.74. The quantitative estimate of drug-likeness (QED) is 0.446. The average molecular weight is 542 g/mol. The summed E-state index contributed by atoms with van der Waals surface area (Å²) in [5, 5.41) is 2.31. The van der Waals surface area contributed by atoms with Crippen LogP contribution >= 0.6 is 11.6 Å². The Hall–Kier alpha value is -2.45. The van der Waals surface area contributed by atoms with E-state index in [0.717, 1.165) is 22.8 Å². The molecule has 0 bridgehead atoms. The van der Waals surface area contributed by atoms with Gasteiger partial charge in [-0.25, -0.2) is 8.42 Å². The number of amides is 1. The molecule has 198 valence electrons. The van der Waals surface area contributed by atoms with Crippen LogP contribution in [0.15, 0.2) is 65.6 Å². The van der Waals surface area contributed by atoms with Gasteiger partial charge in [0.15, 0.2) is 0 Å². The molecule has 8 heteroatoms. The Kier molecular flexibility index (Phi) is 8.00. The molecule has 3 aromatic carbocycles. The van der Waals surface area contributed by atoms with Gasteiger partial charge in [-0.15, -0.1) is 0 Å². The summed E-state index contributed by atoms with van der Waals surface area (Å²) in [4.78, 5) is 15.1. The fourth-order valence-electron chi connectivity index (χ4n) is 5.01. The van der Waals surface area contributed by atoms with Crippen LogP contribution in [0.5, 0.6) is 0 Å². The molecule has 4 rings (SSSR count). The number of sulfonamides is 1. The van der Waals surface area contributed by atoms with Crippen molar-refractivity contribution in [3.05, 3.63) is 76.8 Å². The fourth-order valence-corrected chi connectivity index (χ4v) is 6.65. The third kappa shape index (κ3) is 5.70. The normalized spacial score (nSPS) is 15.6. The number of fused-ring (bicyclic) bond motifs is 1. The molecule has 0 aromatic heterocycles. The molecule has 1 aliphatic rings. The Labute approximate surface area is 225 Å². The van der Waals surface area contributed by atoms with Gasteiger partial charge in [-0.05, 0) is 71.0 Å². The first-order valence-corrected chi connectivity index (χ1v) is 14.6. The Bertz CT molecular complexity index is 1370. The van der Waals surface area contributed by atoms with E-state index in [4.69, 9.17) is 17.3 Å². The molecule has 1 fully saturated rings. The highest BCUT2D eigenvalue weighted by Gasteiger charge is 2.33. The largest absolute Gasteiger partial charge is 0.336 e. The molecule has 0 unspecified atom stereocenters. The first-order valence-electron chi connectivity index (χ1n) is 12.8. The Morgan fingerprint density at radius 1 is 0.892 bits per heavy atom. The van der Waals surface area contributed by atoms with Crippen molar-refractivity contribution in [2.75, 3.05) is 26.2 Å². The van der Waals surface area contributed by atoms with Gasteiger partial charge in [0.05, 0.1) is 4.90 Å². The second-order valence-corrected chi connectivity index (χ2v) is 13.0. The lowest BCUT2D eigenvalue weighted by Crippen LogP contribution is -2.51. The minimum Gasteiger partial charge on any atom is -0.336 e. The summed E-state index contributed by atoms with van der Waals surface area (Å²) in [5.41, 5.74) is 8.11. The van der Waals surface area contributed by atoms with E-state index in [1.165, 1.54) is 4.31 Å². The van der Waals surface area contributed by atoms with Crippen LogP contribution in [0.1, 0.15) is 43.6 Å². The van der Waals surface area contributed by atoms with Gasteiger partial charge in [-0.3, -0.25) is 4.79 Å². The zero-order chi connectivity index (χ0) is 27.0. The Balaban J connectivity index is 1.41. The predicted octanol–water partition coefficient (Wildman–Crippen LogP) is 5.19. The van der Waals surface area contributed by atoms with Crippen molar-refractivity contribution >= 4 is 38.3 Å². The van der Waals surface area contributed by atoms with Crippen LogP contribution in [-0.2, 0) is 16.4 Å². The van der Waals surface area contributed by atoms with Gasteiger partial charge in [0.1, 0.15) is 0 Å². The van der Waals surface area contributed by atoms with Gasteiger partial charge < -0.3 is 10.6 Å². The minimum atomic E-state index is -3.66. The number of nitrogens with zero attached hydrogens (tertiary/aromatic N) is 2. The topological polar surface area (TPSA) is 83.7 Å². The zero-order valence-electron chi connectivity index (χ0n) is 21.9. The number of nitrogens with two attached hydrogens (primary N) is 1. The molecule has 3 aromatic rings. The smallest absolute Gasteiger partial charge is 0.253 e. The van der Waals surface area contributed by atoms with Gasteiger partial charge in [-0.1, -0.05) is 63.6 Å². The van der Waals surface area contributed by atoms with E-state index in [9.17, 15) is 13.2 Å². The van der Waals surface area contributed by atoms with Crippen LogP contribution in [0.2, 0.25) is 5.02 Å². The summed E-state index contributed by atoms with van der Waals surface area (Å²) in [6, 6.07) is 18.1. The molecular formula is C29H36ClN3O3S. The summed E-state index contributed by atoms with van der Waals surface area (Å²) in [7, 11) is -3.66. The van der Waals surface area contributed by atoms with Crippen molar-refractivity contribution in [2.24, 2.45) is 17.6 Å². The van der Waals surface area contributed by atoms with Crippen LogP contribution in [0.3, 0.4) is 0 Å². The van der Waals surface area contributed by atoms with Crippen molar-refractivity contribution in [1.29, 1.82) is 0 Å². The molecule has 1 saturated heterocycles. The third-order valence-electron chi connectivity index (χ3n) is 7.80. The molecule has 1 heterocycles. The molecule has 0 radical (unpaired) electrons. The van der Waals surface area contributed by atoms with Gasteiger partial charge >= 0.3 is 0 Å². The first kappa shape index (κ1) is 27.6. The van der Waals surface area contributed by atoms with E-state index in [1.54, 1.807) is 29.2 Å². The van der Waals surface area contributed by atoms with Crippen LogP contribution in [0.4, 0.5) is 0 Å². The molecule has 1 amide bonds. The average Bonchev–Trinajstić information content (AvgIpc) is 2.88. The summed E-state index contributed by atoms with van der Waals surface area (Å²) < 4.78 is 28.0. The second kappa shape index (κ2) is 10.7. The van der Waals surface area contributed by atoms with E-state index in [-0.39, 0.29) is 29.4 Å². The standard InChI is InChI=1S/C29H36ClN3O3S/c1-20(2)29(31,21(3)4)19-22-5-7-23(8-6-22)28(34)32-13-15-33(16-14-32)37(35,36)27-12-10-24-17-26(30)11-9-25(24)18-27/h5-12,17-18,20-21H,13-16,19,31H2,1-4H3. The third-order valence-corrected chi connectivity index (χ3v) is 9.93. The van der Waals surface area contributed by atoms with E-state index in [1.807, 2.05) is 36.4 Å². The van der Waals surface area contributed by atoms with Crippen molar-refractivity contribution in [1.82, 2.24) is 9.21 Å². The second-order valence-electron chi connectivity index (χ2n) is 10.6. The van der Waals surface area contributed by atoms with Crippen molar-refractivity contribution in [3.8, 4) is 0 Å². The van der Waals surface area contributed by atoms with Gasteiger partial charge in [-0.2, -0.15) is 4.31 Å². The highest BCUT2D eigenvalue weighted by atomic mass is 35.5. The molecule has 2 N–H and O–H groups in total. The Morgan fingerprint density at radius 3 is 2.05 bits per heavy atom. The number of hydrogen-bond acceptors (Lipinski definition) is 4. The van der Waals surface area contributed by atoms with Crippen molar-refractivity contribution < 1.29 is 13.2 Å². The first-order chi connectivity index (χ1) is 17.4. The predicted molar refractivity (Wildman–Crippen MR) is 150 cm³/mol. The summed E-state index contributed by atoms with van der Waals surface area (Å²) in [5.74, 6) is 0.571. The highest BCUT2D eigenvalue weighted by molar-refractivity contribution is 7.89. The SMILES string of the molecule is CC(C)C(N)(Cc1ccc(C(=O)N2CCN(S(=O)(=O)c3ccc4cc(Cl)ccc4c3)CC2)cc1)C(C)C. The van der Waals surface area contributed by atoms with Crippen molar-refractivity contribution in [2.45, 2.75) is 44.6 Å². The molecule has 0 saturated carbocycles. The van der Waals surface area contributed by atoms with E-state index >= 15 is 0 Å². The monoisotopic (exact) mass is 541 g/mol. The fraction of sp³-hybridized carbons (Fsp3) is 0.414. The number of hydrogen-bond donors (Lipinski definition) is 1. The van der Waals surface area contributed by atoms with Crippen LogP contribution in [0.25, 0.3) is 10.8 Å². The zero-order valence-corrected chi connectivity index (χ0v) is 23.5. The molecule has 6 nitrogen and oxygen atoms in total. The highest BCUT2D eigenvalue weighted by Crippen LogP contribution is 2.28. The number of carbonyl (C=O) groups excluding carboxylic acids is 1. The van der Waals surface area contributed by atoms with Gasteiger partial charge in [0.2, 0.25) is 10.0 Å². The minimum absolute atomic E-state index is 0.0853. The van der Waals surface area contributed by atoms with Crippen LogP contribution in [0, 0.1) is 11.8 Å². The summed E-state index contributed by atoms with van der Waals surface area (Å²) >= 11 is 6.05. The molecule has 0 atom stereocenters. The molecule has 0 spiro atoms. The van der Waals surface area contributed by atoms with Crippen LogP contribution < -0.4 is 5.73 Å². The maximum Gasteiger partial charge on any atom is 0.253 e. The van der Waals surface area contributed by atoms with E-state index < -0.39 is 10.0 Å². The molecular weight excluding hydrogens is 506 g/mol. The lowest BCUT2D eigenvalue weighted by Gasteiger charge is -2.38. The summed E-state index contributed by atoms with van der Waals surface area (Å²) in [6.45, 7) is 9.78. The Morgan fingerprint density at radius 2 is 1.46 bits per heavy atom. The summed E-state index contributed by atoms with van der Waals surface area (Å²) in [6.07, 6.45) is 0.745. The van der Waals surface area contributed by atoms with Gasteiger partial charge in [0.25, 0.3) is 5.91 Å². The lowest BCUT2D eigenvalue weighted by molar-refractivity contribution is 0.0698. The number of rotatable bonds is 7. The van der Waals surface area contributed by atoms with Gasteiger partial charge in [0, 0.05) is 42.3 Å². The number of piperazine rings is 1. The molecule has 37 heavy (non-hydrogen) atoms.